The number of aryl methyl sites for hydroxylation is 1. The summed E-state index contributed by atoms with van der Waals surface area (Å²) in [5, 5.41) is 24.7. The van der Waals surface area contributed by atoms with Crippen molar-refractivity contribution < 1.29 is 29.6 Å². The van der Waals surface area contributed by atoms with Crippen LogP contribution in [-0.4, -0.2) is 49.5 Å². The van der Waals surface area contributed by atoms with E-state index in [2.05, 4.69) is 4.98 Å². The Bertz CT molecular complexity index is 679. The number of rotatable bonds is 5. The van der Waals surface area contributed by atoms with Crippen molar-refractivity contribution in [3.8, 4) is 0 Å². The number of carboxylic acids is 2. The van der Waals surface area contributed by atoms with Crippen LogP contribution in [0.3, 0.4) is 0 Å². The Balaban J connectivity index is 0.000000307. The molecule has 0 radical (unpaired) electrons. The van der Waals surface area contributed by atoms with Gasteiger partial charge in [0.25, 0.3) is 5.56 Å². The Labute approximate surface area is 136 Å². The van der Waals surface area contributed by atoms with Gasteiger partial charge in [0, 0.05) is 11.8 Å². The minimum Gasteiger partial charge on any atom is -0.481 e. The number of nitrogens with zero attached hydrogens (tertiary/aromatic N) is 1. The molecule has 0 bridgehead atoms. The van der Waals surface area contributed by atoms with Crippen LogP contribution >= 0.6 is 0 Å². The second-order valence-electron chi connectivity index (χ2n) is 5.24. The van der Waals surface area contributed by atoms with Gasteiger partial charge in [0.15, 0.2) is 0 Å². The van der Waals surface area contributed by atoms with Gasteiger partial charge >= 0.3 is 17.6 Å². The van der Waals surface area contributed by atoms with Crippen LogP contribution in [0.4, 0.5) is 0 Å². The molecule has 1 saturated heterocycles. The molecule has 134 valence electrons. The third-order valence-corrected chi connectivity index (χ3v) is 3.30. The molecule has 0 unspecified atom stereocenters. The lowest BCUT2D eigenvalue weighted by Crippen LogP contribution is -2.33. The molecule has 24 heavy (non-hydrogen) atoms. The predicted molar refractivity (Wildman–Crippen MR) is 80.8 cm³/mol. The molecule has 10 heteroatoms. The van der Waals surface area contributed by atoms with Crippen LogP contribution in [0.5, 0.6) is 0 Å². The molecule has 1 fully saturated rings. The van der Waals surface area contributed by atoms with Crippen LogP contribution in [0, 0.1) is 6.92 Å². The van der Waals surface area contributed by atoms with Gasteiger partial charge in [-0.2, -0.15) is 0 Å². The van der Waals surface area contributed by atoms with E-state index in [0.29, 0.717) is 18.4 Å². The lowest BCUT2D eigenvalue weighted by Gasteiger charge is -2.14. The normalized spacial score (nSPS) is 19.4. The minimum atomic E-state index is -1.08. The largest absolute Gasteiger partial charge is 0.481 e. The number of hydrogen-bond acceptors (Lipinski definition) is 6. The van der Waals surface area contributed by atoms with E-state index in [-0.39, 0.29) is 37.3 Å². The Morgan fingerprint density at radius 3 is 2.29 bits per heavy atom. The molecule has 1 aromatic rings. The van der Waals surface area contributed by atoms with E-state index in [9.17, 15) is 19.2 Å². The van der Waals surface area contributed by atoms with Crippen LogP contribution in [0.25, 0.3) is 0 Å². The van der Waals surface area contributed by atoms with Gasteiger partial charge in [-0.25, -0.2) is 4.79 Å². The maximum absolute atomic E-state index is 11.5. The average Bonchev–Trinajstić information content (AvgIpc) is 2.98. The van der Waals surface area contributed by atoms with E-state index < -0.39 is 17.6 Å². The first kappa shape index (κ1) is 19.6. The first-order valence-corrected chi connectivity index (χ1v) is 7.26. The van der Waals surface area contributed by atoms with Crippen LogP contribution in [0.15, 0.2) is 15.8 Å². The standard InChI is InChI=1S/C10H14N2O4.C4H6O4/c1-6-4-12(10(15)11-9(6)14)8-3-2-7(5-13)16-8;5-3(6)1-2-4(7)8/h4,7-8,13H,2-3,5H2,1H3,(H,11,14,15);1-2H2,(H,5,6)(H,7,8)/t7-,8+;/m0./s1. The van der Waals surface area contributed by atoms with Crippen molar-refractivity contribution >= 4 is 11.9 Å². The van der Waals surface area contributed by atoms with E-state index in [1.807, 2.05) is 0 Å². The summed E-state index contributed by atoms with van der Waals surface area (Å²) in [7, 11) is 0. The predicted octanol–water partition coefficient (Wildman–Crippen LogP) is -0.549. The van der Waals surface area contributed by atoms with Gasteiger partial charge in [0.1, 0.15) is 6.23 Å². The highest BCUT2D eigenvalue weighted by molar-refractivity contribution is 5.75. The van der Waals surface area contributed by atoms with Gasteiger partial charge in [-0.05, 0) is 19.8 Å². The molecule has 2 rings (SSSR count). The van der Waals surface area contributed by atoms with Crippen molar-refractivity contribution in [2.24, 2.45) is 0 Å². The van der Waals surface area contributed by atoms with Crippen molar-refractivity contribution in [3.63, 3.8) is 0 Å². The molecule has 0 aliphatic carbocycles. The van der Waals surface area contributed by atoms with Gasteiger partial charge in [0.05, 0.1) is 25.6 Å². The van der Waals surface area contributed by atoms with E-state index in [1.165, 1.54) is 10.8 Å². The maximum atomic E-state index is 11.5. The second kappa shape index (κ2) is 8.99. The molecular weight excluding hydrogens is 324 g/mol. The van der Waals surface area contributed by atoms with Gasteiger partial charge in [0.2, 0.25) is 0 Å². The Morgan fingerprint density at radius 1 is 1.25 bits per heavy atom. The molecule has 0 aromatic carbocycles. The van der Waals surface area contributed by atoms with Gasteiger partial charge in [-0.1, -0.05) is 0 Å². The topological polar surface area (TPSA) is 159 Å². The molecule has 0 amide bonds. The third kappa shape index (κ3) is 5.97. The summed E-state index contributed by atoms with van der Waals surface area (Å²) in [5.41, 5.74) is -0.382. The highest BCUT2D eigenvalue weighted by atomic mass is 16.5. The van der Waals surface area contributed by atoms with Crippen molar-refractivity contribution in [2.75, 3.05) is 6.61 Å². The highest BCUT2D eigenvalue weighted by Crippen LogP contribution is 2.26. The molecule has 2 heterocycles. The fraction of sp³-hybridized carbons (Fsp3) is 0.571. The fourth-order valence-corrected chi connectivity index (χ4v) is 2.04. The zero-order valence-electron chi connectivity index (χ0n) is 13.1. The van der Waals surface area contributed by atoms with Crippen LogP contribution in [0.1, 0.15) is 37.5 Å². The number of nitrogens with one attached hydrogen (secondary N) is 1. The van der Waals surface area contributed by atoms with Crippen LogP contribution in [0.2, 0.25) is 0 Å². The summed E-state index contributed by atoms with van der Waals surface area (Å²) in [4.78, 5) is 44.2. The van der Waals surface area contributed by atoms with E-state index >= 15 is 0 Å². The molecule has 2 atom stereocenters. The van der Waals surface area contributed by atoms with Crippen molar-refractivity contribution in [2.45, 2.75) is 44.9 Å². The number of aliphatic hydroxyl groups excluding tert-OH is 1. The molecule has 1 aliphatic heterocycles. The van der Waals surface area contributed by atoms with E-state index in [0.717, 1.165) is 0 Å². The Hall–Kier alpha value is -2.46. The number of carbonyl (C=O) groups is 2. The van der Waals surface area contributed by atoms with Crippen molar-refractivity contribution in [1.29, 1.82) is 0 Å². The molecular formula is C14H20N2O8. The van der Waals surface area contributed by atoms with Crippen LogP contribution < -0.4 is 11.2 Å². The first-order valence-electron chi connectivity index (χ1n) is 7.26. The Kier molecular flexibility index (Phi) is 7.33. The zero-order chi connectivity index (χ0) is 18.3. The van der Waals surface area contributed by atoms with Gasteiger partial charge < -0.3 is 20.1 Å². The summed E-state index contributed by atoms with van der Waals surface area (Å²) in [6.45, 7) is 1.58. The number of aromatic amines is 1. The maximum Gasteiger partial charge on any atom is 0.330 e. The monoisotopic (exact) mass is 344 g/mol. The lowest BCUT2D eigenvalue weighted by molar-refractivity contribution is -0.143. The zero-order valence-corrected chi connectivity index (χ0v) is 13.1. The minimum absolute atomic E-state index is 0.0480. The lowest BCUT2D eigenvalue weighted by atomic mass is 10.2. The molecule has 1 aliphatic rings. The third-order valence-electron chi connectivity index (χ3n) is 3.30. The fourth-order valence-electron chi connectivity index (χ4n) is 2.04. The van der Waals surface area contributed by atoms with Gasteiger partial charge in [-0.3, -0.25) is 23.9 Å². The number of aliphatic hydroxyl groups is 1. The molecule has 0 spiro atoms. The number of aromatic nitrogens is 2. The summed E-state index contributed by atoms with van der Waals surface area (Å²) >= 11 is 0. The quantitative estimate of drug-likeness (QED) is 0.553. The number of aliphatic carboxylic acids is 2. The van der Waals surface area contributed by atoms with Crippen LogP contribution in [-0.2, 0) is 14.3 Å². The van der Waals surface area contributed by atoms with E-state index in [1.54, 1.807) is 6.92 Å². The van der Waals surface area contributed by atoms with Gasteiger partial charge in [-0.15, -0.1) is 0 Å². The molecule has 0 saturated carbocycles. The Morgan fingerprint density at radius 2 is 1.83 bits per heavy atom. The first-order chi connectivity index (χ1) is 11.2. The summed E-state index contributed by atoms with van der Waals surface area (Å²) < 4.78 is 6.83. The summed E-state index contributed by atoms with van der Waals surface area (Å²) in [5.74, 6) is -2.15. The summed E-state index contributed by atoms with van der Waals surface area (Å²) in [6, 6.07) is 0. The second-order valence-corrected chi connectivity index (χ2v) is 5.24. The molecule has 10 nitrogen and oxygen atoms in total. The number of carboxylic acid groups (broad SMARTS) is 2. The SMILES string of the molecule is Cc1cn([C@H]2CC[C@@H](CO)O2)c(=O)[nH]c1=O.O=C(O)CCC(=O)O. The number of H-pyrrole nitrogens is 1. The number of ether oxygens (including phenoxy) is 1. The summed E-state index contributed by atoms with van der Waals surface area (Å²) in [6.07, 6.45) is 1.67. The average molecular weight is 344 g/mol. The van der Waals surface area contributed by atoms with Crippen molar-refractivity contribution in [3.05, 3.63) is 32.6 Å². The van der Waals surface area contributed by atoms with Crippen molar-refractivity contribution in [1.82, 2.24) is 9.55 Å². The number of hydrogen-bond donors (Lipinski definition) is 4. The smallest absolute Gasteiger partial charge is 0.330 e. The highest BCUT2D eigenvalue weighted by Gasteiger charge is 2.26. The molecule has 1 aromatic heterocycles. The van der Waals surface area contributed by atoms with E-state index in [4.69, 9.17) is 20.1 Å². The molecule has 4 N–H and O–H groups in total.